The van der Waals surface area contributed by atoms with E-state index in [4.69, 9.17) is 19.2 Å². The molecule has 0 radical (unpaired) electrons. The molecule has 0 aromatic heterocycles. The van der Waals surface area contributed by atoms with Gasteiger partial charge in [-0.1, -0.05) is 0 Å². The first-order valence-corrected chi connectivity index (χ1v) is 4.62. The second-order valence-electron chi connectivity index (χ2n) is 3.03. The fourth-order valence-electron chi connectivity index (χ4n) is 0.177. The van der Waals surface area contributed by atoms with Gasteiger partial charge in [0.25, 0.3) is 0 Å². The van der Waals surface area contributed by atoms with Crippen LogP contribution in [0.4, 0.5) is 0 Å². The van der Waals surface area contributed by atoms with Crippen molar-refractivity contribution in [3.8, 4) is 0 Å². The van der Waals surface area contributed by atoms with Gasteiger partial charge >= 0.3 is 7.82 Å². The molecule has 1 amide bonds. The van der Waals surface area contributed by atoms with Crippen molar-refractivity contribution in [2.75, 3.05) is 0 Å². The number of rotatable bonds is 1. The van der Waals surface area contributed by atoms with Gasteiger partial charge in [-0.3, -0.25) is 4.79 Å². The second-order valence-corrected chi connectivity index (χ2v) is 4.05. The number of hydrogen-bond donors (Lipinski definition) is 4. The lowest BCUT2D eigenvalue weighted by atomic mass is 10.1. The zero-order chi connectivity index (χ0) is 10.4. The van der Waals surface area contributed by atoms with Crippen LogP contribution in [-0.4, -0.2) is 26.6 Å². The predicted octanol–water partition coefficient (Wildman–Crippen LogP) is -0.398. The van der Waals surface area contributed by atoms with E-state index in [-0.39, 0.29) is 5.54 Å². The first-order chi connectivity index (χ1) is 5.06. The molecule has 6 nitrogen and oxygen atoms in total. The van der Waals surface area contributed by atoms with E-state index in [2.05, 4.69) is 5.32 Å². The van der Waals surface area contributed by atoms with Gasteiger partial charge < -0.3 is 20.0 Å². The molecule has 0 heterocycles. The molecule has 0 saturated carbocycles. The summed E-state index contributed by atoms with van der Waals surface area (Å²) in [5.74, 6) is 0. The van der Waals surface area contributed by atoms with Crippen molar-refractivity contribution >= 4 is 14.2 Å². The third-order valence-corrected chi connectivity index (χ3v) is 0.492. The van der Waals surface area contributed by atoms with Crippen molar-refractivity contribution in [1.82, 2.24) is 5.32 Å². The zero-order valence-electron chi connectivity index (χ0n) is 7.18. The number of phosphoric acid groups is 1. The molecule has 7 heteroatoms. The molecule has 0 aliphatic rings. The highest BCUT2D eigenvalue weighted by atomic mass is 31.2. The summed E-state index contributed by atoms with van der Waals surface area (Å²) in [5.41, 5.74) is -0.0677. The summed E-state index contributed by atoms with van der Waals surface area (Å²) in [6.45, 7) is 5.80. The van der Waals surface area contributed by atoms with Gasteiger partial charge in [-0.2, -0.15) is 0 Å². The lowest BCUT2D eigenvalue weighted by Crippen LogP contribution is -2.34. The number of amides is 1. The summed E-state index contributed by atoms with van der Waals surface area (Å²) in [6, 6.07) is 0. The van der Waals surface area contributed by atoms with Gasteiger partial charge in [-0.25, -0.2) is 4.57 Å². The molecular formula is C5H14NO5P. The molecule has 0 aromatic rings. The summed E-state index contributed by atoms with van der Waals surface area (Å²) < 4.78 is 8.88. The van der Waals surface area contributed by atoms with Crippen LogP contribution < -0.4 is 5.32 Å². The number of nitrogens with one attached hydrogen (secondary N) is 1. The molecule has 0 fully saturated rings. The highest BCUT2D eigenvalue weighted by Crippen LogP contribution is 2.25. The number of carbonyl (C=O) groups is 1. The van der Waals surface area contributed by atoms with Gasteiger partial charge in [0.2, 0.25) is 6.41 Å². The highest BCUT2D eigenvalue weighted by Gasteiger charge is 2.04. The van der Waals surface area contributed by atoms with Crippen molar-refractivity contribution in [2.45, 2.75) is 26.3 Å². The minimum Gasteiger partial charge on any atom is -0.354 e. The lowest BCUT2D eigenvalue weighted by Gasteiger charge is -2.15. The molecule has 0 rings (SSSR count). The van der Waals surface area contributed by atoms with Crippen molar-refractivity contribution < 1.29 is 24.0 Å². The first-order valence-electron chi connectivity index (χ1n) is 3.06. The SMILES string of the molecule is CC(C)(C)NC=O.O=P(O)(O)O. The largest absolute Gasteiger partial charge is 0.466 e. The molecular weight excluding hydrogens is 185 g/mol. The Morgan fingerprint density at radius 1 is 1.25 bits per heavy atom. The van der Waals surface area contributed by atoms with E-state index in [0.717, 1.165) is 0 Å². The fourth-order valence-corrected chi connectivity index (χ4v) is 0.177. The Morgan fingerprint density at radius 3 is 1.50 bits per heavy atom. The van der Waals surface area contributed by atoms with E-state index in [1.807, 2.05) is 20.8 Å². The molecule has 74 valence electrons. The molecule has 0 aliphatic carbocycles. The molecule has 0 saturated heterocycles. The zero-order valence-corrected chi connectivity index (χ0v) is 8.08. The summed E-state index contributed by atoms with van der Waals surface area (Å²) in [7, 11) is -4.64. The highest BCUT2D eigenvalue weighted by molar-refractivity contribution is 7.45. The Labute approximate surface area is 70.8 Å². The van der Waals surface area contributed by atoms with Gasteiger partial charge in [0.05, 0.1) is 0 Å². The maximum atomic E-state index is 9.71. The van der Waals surface area contributed by atoms with Gasteiger partial charge in [0.15, 0.2) is 0 Å². The molecule has 0 bridgehead atoms. The normalized spacial score (nSPS) is 11.2. The van der Waals surface area contributed by atoms with Crippen molar-refractivity contribution in [1.29, 1.82) is 0 Å². The van der Waals surface area contributed by atoms with E-state index in [1.165, 1.54) is 0 Å². The van der Waals surface area contributed by atoms with Crippen LogP contribution >= 0.6 is 7.82 Å². The van der Waals surface area contributed by atoms with Crippen LogP contribution in [0.3, 0.4) is 0 Å². The minimum absolute atomic E-state index is 0.0677. The van der Waals surface area contributed by atoms with Gasteiger partial charge in [-0.05, 0) is 20.8 Å². The first kappa shape index (κ1) is 14.1. The monoisotopic (exact) mass is 199 g/mol. The third kappa shape index (κ3) is 55.0. The average Bonchev–Trinajstić information content (AvgIpc) is 1.54. The van der Waals surface area contributed by atoms with Gasteiger partial charge in [0, 0.05) is 5.54 Å². The predicted molar refractivity (Wildman–Crippen MR) is 43.2 cm³/mol. The lowest BCUT2D eigenvalue weighted by molar-refractivity contribution is -0.110. The summed E-state index contributed by atoms with van der Waals surface area (Å²) in [6.07, 6.45) is 0.708. The molecule has 0 atom stereocenters. The van der Waals surface area contributed by atoms with Crippen LogP contribution in [0.1, 0.15) is 20.8 Å². The summed E-state index contributed by atoms with van der Waals surface area (Å²) in [4.78, 5) is 31.3. The van der Waals surface area contributed by atoms with Gasteiger partial charge in [-0.15, -0.1) is 0 Å². The Bertz CT molecular complexity index is 161. The second kappa shape index (κ2) is 5.27. The van der Waals surface area contributed by atoms with Crippen LogP contribution in [0.15, 0.2) is 0 Å². The maximum Gasteiger partial charge on any atom is 0.466 e. The maximum absolute atomic E-state index is 9.71. The minimum atomic E-state index is -4.64. The number of hydrogen-bond acceptors (Lipinski definition) is 2. The molecule has 0 unspecified atom stereocenters. The van der Waals surface area contributed by atoms with Crippen LogP contribution in [0.2, 0.25) is 0 Å². The van der Waals surface area contributed by atoms with E-state index >= 15 is 0 Å². The van der Waals surface area contributed by atoms with E-state index in [9.17, 15) is 4.79 Å². The Hall–Kier alpha value is -0.420. The van der Waals surface area contributed by atoms with Crippen molar-refractivity contribution in [2.24, 2.45) is 0 Å². The summed E-state index contributed by atoms with van der Waals surface area (Å²) in [5, 5.41) is 2.60. The van der Waals surface area contributed by atoms with E-state index in [0.29, 0.717) is 6.41 Å². The van der Waals surface area contributed by atoms with Crippen molar-refractivity contribution in [3.05, 3.63) is 0 Å². The molecule has 0 aliphatic heterocycles. The molecule has 0 aromatic carbocycles. The van der Waals surface area contributed by atoms with Crippen LogP contribution in [0.25, 0.3) is 0 Å². The molecule has 12 heavy (non-hydrogen) atoms. The Kier molecular flexibility index (Phi) is 6.20. The van der Waals surface area contributed by atoms with Crippen LogP contribution in [-0.2, 0) is 9.36 Å². The number of carbonyl (C=O) groups excluding carboxylic acids is 1. The Balaban J connectivity index is 0. The van der Waals surface area contributed by atoms with Crippen molar-refractivity contribution in [3.63, 3.8) is 0 Å². The van der Waals surface area contributed by atoms with E-state index < -0.39 is 7.82 Å². The standard InChI is InChI=1S/C5H11NO.H3O4P/c1-5(2,3)6-4-7;1-5(2,3)4/h4H,1-3H3,(H,6,7);(H3,1,2,3,4). The Morgan fingerprint density at radius 2 is 1.50 bits per heavy atom. The van der Waals surface area contributed by atoms with E-state index in [1.54, 1.807) is 0 Å². The molecule has 4 N–H and O–H groups in total. The smallest absolute Gasteiger partial charge is 0.354 e. The fraction of sp³-hybridized carbons (Fsp3) is 0.800. The van der Waals surface area contributed by atoms with Crippen LogP contribution in [0.5, 0.6) is 0 Å². The third-order valence-electron chi connectivity index (χ3n) is 0.492. The quantitative estimate of drug-likeness (QED) is 0.339. The summed E-state index contributed by atoms with van der Waals surface area (Å²) >= 11 is 0. The van der Waals surface area contributed by atoms with Crippen LogP contribution in [0, 0.1) is 0 Å². The average molecular weight is 199 g/mol. The molecule has 0 spiro atoms. The topological polar surface area (TPSA) is 107 Å². The van der Waals surface area contributed by atoms with Gasteiger partial charge in [0.1, 0.15) is 0 Å².